The van der Waals surface area contributed by atoms with E-state index in [4.69, 9.17) is 0 Å². The van der Waals surface area contributed by atoms with E-state index < -0.39 is 0 Å². The first-order valence-corrected chi connectivity index (χ1v) is 11.9. The van der Waals surface area contributed by atoms with Gasteiger partial charge in [-0.1, -0.05) is 37.6 Å². The van der Waals surface area contributed by atoms with Crippen LogP contribution in [0.2, 0.25) is 13.1 Å². The SMILES string of the molecule is CC[c-]1cccc1C1C=CC=C1.C[Si](C)=[Zr+2].[Cl-].[Cl-]. The van der Waals surface area contributed by atoms with Crippen LogP contribution in [0.1, 0.15) is 24.0 Å². The Hall–Kier alpha value is 0.510. The van der Waals surface area contributed by atoms with Gasteiger partial charge in [0.15, 0.2) is 0 Å². The van der Waals surface area contributed by atoms with Crippen molar-refractivity contribution in [2.24, 2.45) is 0 Å². The fourth-order valence-electron chi connectivity index (χ4n) is 1.76. The molecule has 0 unspecified atom stereocenters. The van der Waals surface area contributed by atoms with E-state index in [1.165, 1.54) is 11.1 Å². The van der Waals surface area contributed by atoms with E-state index in [9.17, 15) is 0 Å². The first-order valence-electron chi connectivity index (χ1n) is 5.76. The normalized spacial score (nSPS) is 12.3. The predicted molar refractivity (Wildman–Crippen MR) is 69.9 cm³/mol. The summed E-state index contributed by atoms with van der Waals surface area (Å²) in [4.78, 5) is 0. The molecule has 1 aliphatic carbocycles. The minimum atomic E-state index is 0. The van der Waals surface area contributed by atoms with Crippen LogP contribution < -0.4 is 24.8 Å². The number of rotatable bonds is 2. The fourth-order valence-corrected chi connectivity index (χ4v) is 1.76. The van der Waals surface area contributed by atoms with E-state index >= 15 is 0 Å². The van der Waals surface area contributed by atoms with Crippen molar-refractivity contribution >= 4 is 5.43 Å². The van der Waals surface area contributed by atoms with Crippen LogP contribution in [0.3, 0.4) is 0 Å². The van der Waals surface area contributed by atoms with Gasteiger partial charge in [-0.3, -0.25) is 0 Å². The summed E-state index contributed by atoms with van der Waals surface area (Å²) in [5.41, 5.74) is 3.17. The minimum absolute atomic E-state index is 0. The molecule has 2 rings (SSSR count). The van der Waals surface area contributed by atoms with Crippen molar-refractivity contribution < 1.29 is 48.1 Å². The summed E-state index contributed by atoms with van der Waals surface area (Å²) >= 11 is 1.74. The van der Waals surface area contributed by atoms with Crippen molar-refractivity contribution in [3.63, 3.8) is 0 Å². The van der Waals surface area contributed by atoms with Crippen molar-refractivity contribution in [1.29, 1.82) is 0 Å². The second kappa shape index (κ2) is 11.3. The first kappa shape index (κ1) is 20.8. The Labute approximate surface area is 139 Å². The van der Waals surface area contributed by atoms with Gasteiger partial charge >= 0.3 is 41.9 Å². The molecule has 0 aromatic heterocycles. The molecule has 1 aromatic rings. The third kappa shape index (κ3) is 7.19. The van der Waals surface area contributed by atoms with E-state index in [1.807, 2.05) is 0 Å². The van der Waals surface area contributed by atoms with Crippen LogP contribution in [0, 0.1) is 0 Å². The zero-order valence-electron chi connectivity index (χ0n) is 11.1. The van der Waals surface area contributed by atoms with Crippen LogP contribution in [0.25, 0.3) is 0 Å². The maximum atomic E-state index is 2.31. The van der Waals surface area contributed by atoms with Gasteiger partial charge in [0.2, 0.25) is 0 Å². The van der Waals surface area contributed by atoms with Crippen molar-refractivity contribution in [3.8, 4) is 0 Å². The number of halogens is 2. The zero-order chi connectivity index (χ0) is 12.0. The maximum absolute atomic E-state index is 2.31. The topological polar surface area (TPSA) is 0 Å². The molecule has 0 amide bonds. The fraction of sp³-hybridized carbons (Fsp3) is 0.357. The number of aryl methyl sites for hydroxylation is 1. The summed E-state index contributed by atoms with van der Waals surface area (Å²) in [6, 6.07) is 6.59. The van der Waals surface area contributed by atoms with E-state index in [2.05, 4.69) is 62.5 Å². The number of hydrogen-bond donors (Lipinski definition) is 0. The second-order valence-electron chi connectivity index (χ2n) is 4.16. The van der Waals surface area contributed by atoms with Crippen LogP contribution >= 0.6 is 0 Å². The molecule has 0 atom stereocenters. The van der Waals surface area contributed by atoms with Gasteiger partial charge < -0.3 is 24.8 Å². The monoisotopic (exact) mass is 375 g/mol. The Morgan fingerprint density at radius 1 is 1.22 bits per heavy atom. The molecule has 0 radical (unpaired) electrons. The molecule has 0 bridgehead atoms. The van der Waals surface area contributed by atoms with Gasteiger partial charge in [0.05, 0.1) is 0 Å². The Balaban J connectivity index is 0. The smallest absolute Gasteiger partial charge is 1.00 e. The summed E-state index contributed by atoms with van der Waals surface area (Å²) in [5.74, 6) is 0.537. The number of hydrogen-bond acceptors (Lipinski definition) is 0. The molecule has 0 saturated carbocycles. The minimum Gasteiger partial charge on any atom is -1.00 e. The molecule has 0 nitrogen and oxygen atoms in total. The summed E-state index contributed by atoms with van der Waals surface area (Å²) < 4.78 is 0. The molecule has 1 aromatic carbocycles. The Bertz CT molecular complexity index is 392. The molecule has 1 aliphatic rings. The van der Waals surface area contributed by atoms with E-state index in [1.54, 1.807) is 23.3 Å². The van der Waals surface area contributed by atoms with Gasteiger partial charge in [0, 0.05) is 0 Å². The summed E-state index contributed by atoms with van der Waals surface area (Å²) in [6.07, 6.45) is 9.87. The Morgan fingerprint density at radius 2 is 1.72 bits per heavy atom. The van der Waals surface area contributed by atoms with Crippen LogP contribution in [0.15, 0.2) is 42.5 Å². The molecule has 0 saturated heterocycles. The van der Waals surface area contributed by atoms with Crippen LogP contribution in [-0.2, 0) is 29.8 Å². The van der Waals surface area contributed by atoms with Crippen molar-refractivity contribution in [2.45, 2.75) is 32.4 Å². The molecule has 0 fully saturated rings. The van der Waals surface area contributed by atoms with Gasteiger partial charge in [-0.05, 0) is 5.92 Å². The Morgan fingerprint density at radius 3 is 2.17 bits per heavy atom. The van der Waals surface area contributed by atoms with E-state index in [-0.39, 0.29) is 30.2 Å². The summed E-state index contributed by atoms with van der Waals surface area (Å²) in [7, 11) is 0. The first-order chi connectivity index (χ1) is 7.65. The van der Waals surface area contributed by atoms with Crippen LogP contribution in [0.4, 0.5) is 0 Å². The molecule has 0 heterocycles. The average Bonchev–Trinajstić information content (AvgIpc) is 2.87. The largest absolute Gasteiger partial charge is 1.00 e. The molecule has 0 spiro atoms. The van der Waals surface area contributed by atoms with Crippen LogP contribution in [-0.4, -0.2) is 5.43 Å². The van der Waals surface area contributed by atoms with Gasteiger partial charge in [0.25, 0.3) is 0 Å². The number of allylic oxidation sites excluding steroid dienone is 4. The van der Waals surface area contributed by atoms with Gasteiger partial charge in [-0.15, -0.1) is 0 Å². The zero-order valence-corrected chi connectivity index (χ0v) is 16.1. The molecular formula is C14H19Cl2SiZr-. The van der Waals surface area contributed by atoms with Crippen LogP contribution in [0.5, 0.6) is 0 Å². The summed E-state index contributed by atoms with van der Waals surface area (Å²) in [6.45, 7) is 6.83. The quantitative estimate of drug-likeness (QED) is 0.412. The standard InChI is InChI=1S/C12H13.C2H6Si.2ClH.Zr/c1-2-10-8-5-9-12(10)11-6-3-4-7-11;1-3-2;;;/h3-9,11H,2H2,1H3;1-2H3;2*1H;/q-1;;;;+2/p-2. The van der Waals surface area contributed by atoms with E-state index in [0.717, 1.165) is 6.42 Å². The van der Waals surface area contributed by atoms with Crippen molar-refractivity contribution in [3.05, 3.63) is 53.6 Å². The Kier molecular flexibility index (Phi) is 13.1. The molecule has 18 heavy (non-hydrogen) atoms. The molecular weight excluding hydrogens is 358 g/mol. The third-order valence-electron chi connectivity index (χ3n) is 2.43. The molecule has 0 aliphatic heterocycles. The molecule has 0 N–H and O–H groups in total. The van der Waals surface area contributed by atoms with Gasteiger partial charge in [-0.2, -0.15) is 17.2 Å². The molecule has 98 valence electrons. The maximum Gasteiger partial charge on any atom is -1.00 e. The predicted octanol–water partition coefficient (Wildman–Crippen LogP) is -2.03. The van der Waals surface area contributed by atoms with Gasteiger partial charge in [-0.25, -0.2) is 12.1 Å². The van der Waals surface area contributed by atoms with Crippen molar-refractivity contribution in [1.82, 2.24) is 0 Å². The summed E-state index contributed by atoms with van der Waals surface area (Å²) in [5, 5.41) is 0. The van der Waals surface area contributed by atoms with Gasteiger partial charge in [0.1, 0.15) is 0 Å². The second-order valence-corrected chi connectivity index (χ2v) is 13.5. The average molecular weight is 378 g/mol. The van der Waals surface area contributed by atoms with Crippen molar-refractivity contribution in [2.75, 3.05) is 0 Å². The third-order valence-corrected chi connectivity index (χ3v) is 2.43. The molecule has 4 heteroatoms. The van der Waals surface area contributed by atoms with E-state index in [0.29, 0.717) is 5.92 Å².